The third-order valence-corrected chi connectivity index (χ3v) is 4.60. The summed E-state index contributed by atoms with van der Waals surface area (Å²) in [5, 5.41) is 3.00. The molecule has 0 aromatic heterocycles. The normalized spacial score (nSPS) is 15.2. The SMILES string of the molecule is Cc1ccc(C)c(NC(=O)CN2CCN(c3ccccc3F)CC2)c1. The van der Waals surface area contributed by atoms with Gasteiger partial charge in [-0.25, -0.2) is 4.39 Å². The molecule has 1 aliphatic heterocycles. The molecule has 0 atom stereocenters. The molecule has 132 valence electrons. The van der Waals surface area contributed by atoms with Crippen molar-refractivity contribution in [1.29, 1.82) is 0 Å². The molecule has 1 fully saturated rings. The number of amides is 1. The second kappa shape index (κ2) is 7.66. The van der Waals surface area contributed by atoms with Crippen molar-refractivity contribution in [3.8, 4) is 0 Å². The van der Waals surface area contributed by atoms with Crippen molar-refractivity contribution in [1.82, 2.24) is 4.90 Å². The lowest BCUT2D eigenvalue weighted by Gasteiger charge is -2.35. The van der Waals surface area contributed by atoms with E-state index >= 15 is 0 Å². The van der Waals surface area contributed by atoms with Crippen LogP contribution in [0.5, 0.6) is 0 Å². The highest BCUT2D eigenvalue weighted by Gasteiger charge is 2.21. The molecule has 2 aromatic carbocycles. The van der Waals surface area contributed by atoms with E-state index in [2.05, 4.69) is 10.2 Å². The molecule has 25 heavy (non-hydrogen) atoms. The zero-order valence-electron chi connectivity index (χ0n) is 14.8. The third kappa shape index (κ3) is 4.37. The number of carbonyl (C=O) groups excluding carboxylic acids is 1. The Hall–Kier alpha value is -2.40. The van der Waals surface area contributed by atoms with E-state index in [0.29, 0.717) is 12.2 Å². The Morgan fingerprint density at radius 2 is 1.80 bits per heavy atom. The predicted molar refractivity (Wildman–Crippen MR) is 99.6 cm³/mol. The standard InChI is InChI=1S/C20H24FN3O/c1-15-7-8-16(2)18(13-15)22-20(25)14-23-9-11-24(12-10-23)19-6-4-3-5-17(19)21/h3-8,13H,9-12,14H2,1-2H3,(H,22,25). The quantitative estimate of drug-likeness (QED) is 0.928. The van der Waals surface area contributed by atoms with Crippen LogP contribution >= 0.6 is 0 Å². The molecule has 1 heterocycles. The molecule has 5 heteroatoms. The number of hydrogen-bond acceptors (Lipinski definition) is 3. The Kier molecular flexibility index (Phi) is 5.34. The van der Waals surface area contributed by atoms with Crippen molar-refractivity contribution in [2.75, 3.05) is 42.9 Å². The van der Waals surface area contributed by atoms with E-state index in [0.717, 1.165) is 43.0 Å². The molecule has 2 aromatic rings. The van der Waals surface area contributed by atoms with Gasteiger partial charge in [-0.3, -0.25) is 9.69 Å². The smallest absolute Gasteiger partial charge is 0.238 e. The first-order valence-electron chi connectivity index (χ1n) is 8.62. The summed E-state index contributed by atoms with van der Waals surface area (Å²) in [6.07, 6.45) is 0. The highest BCUT2D eigenvalue weighted by Crippen LogP contribution is 2.20. The zero-order valence-corrected chi connectivity index (χ0v) is 14.8. The van der Waals surface area contributed by atoms with Gasteiger partial charge < -0.3 is 10.2 Å². The van der Waals surface area contributed by atoms with E-state index in [9.17, 15) is 9.18 Å². The summed E-state index contributed by atoms with van der Waals surface area (Å²) in [5.41, 5.74) is 3.69. The Balaban J connectivity index is 1.53. The van der Waals surface area contributed by atoms with Gasteiger partial charge in [0.05, 0.1) is 12.2 Å². The van der Waals surface area contributed by atoms with Crippen molar-refractivity contribution in [2.45, 2.75) is 13.8 Å². The van der Waals surface area contributed by atoms with E-state index in [-0.39, 0.29) is 11.7 Å². The first kappa shape index (κ1) is 17.4. The fourth-order valence-electron chi connectivity index (χ4n) is 3.12. The number of aryl methyl sites for hydroxylation is 2. The highest BCUT2D eigenvalue weighted by atomic mass is 19.1. The fourth-order valence-corrected chi connectivity index (χ4v) is 3.12. The average molecular weight is 341 g/mol. The lowest BCUT2D eigenvalue weighted by Crippen LogP contribution is -2.48. The van der Waals surface area contributed by atoms with E-state index in [1.807, 2.05) is 43.0 Å². The van der Waals surface area contributed by atoms with Crippen molar-refractivity contribution in [3.63, 3.8) is 0 Å². The van der Waals surface area contributed by atoms with Crippen LogP contribution in [0.4, 0.5) is 15.8 Å². The van der Waals surface area contributed by atoms with Gasteiger partial charge in [-0.15, -0.1) is 0 Å². The van der Waals surface area contributed by atoms with Crippen molar-refractivity contribution < 1.29 is 9.18 Å². The zero-order chi connectivity index (χ0) is 17.8. The topological polar surface area (TPSA) is 35.6 Å². The van der Waals surface area contributed by atoms with Gasteiger partial charge in [0.2, 0.25) is 5.91 Å². The van der Waals surface area contributed by atoms with Crippen LogP contribution in [0.3, 0.4) is 0 Å². The van der Waals surface area contributed by atoms with Crippen LogP contribution in [0.15, 0.2) is 42.5 Å². The molecular weight excluding hydrogens is 317 g/mol. The molecule has 0 radical (unpaired) electrons. The van der Waals surface area contributed by atoms with Crippen molar-refractivity contribution >= 4 is 17.3 Å². The van der Waals surface area contributed by atoms with Gasteiger partial charge in [0.1, 0.15) is 5.82 Å². The molecular formula is C20H24FN3O. The van der Waals surface area contributed by atoms with Gasteiger partial charge in [-0.05, 0) is 43.2 Å². The second-order valence-electron chi connectivity index (χ2n) is 6.58. The number of nitrogens with zero attached hydrogens (tertiary/aromatic N) is 2. The highest BCUT2D eigenvalue weighted by molar-refractivity contribution is 5.93. The maximum absolute atomic E-state index is 13.9. The number of piperazine rings is 1. The maximum atomic E-state index is 13.9. The number of nitrogens with one attached hydrogen (secondary N) is 1. The summed E-state index contributed by atoms with van der Waals surface area (Å²) >= 11 is 0. The summed E-state index contributed by atoms with van der Waals surface area (Å²) in [6.45, 7) is 7.29. The Bertz CT molecular complexity index is 754. The van der Waals surface area contributed by atoms with Crippen LogP contribution in [0, 0.1) is 19.7 Å². The van der Waals surface area contributed by atoms with Gasteiger partial charge in [-0.1, -0.05) is 24.3 Å². The van der Waals surface area contributed by atoms with Crippen LogP contribution in [-0.4, -0.2) is 43.5 Å². The van der Waals surface area contributed by atoms with E-state index in [1.165, 1.54) is 6.07 Å². The van der Waals surface area contributed by atoms with Crippen molar-refractivity contribution in [3.05, 3.63) is 59.4 Å². The molecule has 1 saturated heterocycles. The van der Waals surface area contributed by atoms with E-state index in [4.69, 9.17) is 0 Å². The molecule has 1 aliphatic rings. The molecule has 0 unspecified atom stereocenters. The predicted octanol–water partition coefficient (Wildman–Crippen LogP) is 3.20. The van der Waals surface area contributed by atoms with Gasteiger partial charge in [-0.2, -0.15) is 0 Å². The summed E-state index contributed by atoms with van der Waals surface area (Å²) in [5.74, 6) is -0.198. The molecule has 0 bridgehead atoms. The minimum Gasteiger partial charge on any atom is -0.367 e. The van der Waals surface area contributed by atoms with Crippen LogP contribution in [0.25, 0.3) is 0 Å². The van der Waals surface area contributed by atoms with E-state index < -0.39 is 0 Å². The van der Waals surface area contributed by atoms with Crippen molar-refractivity contribution in [2.24, 2.45) is 0 Å². The molecule has 0 spiro atoms. The molecule has 1 amide bonds. The Morgan fingerprint density at radius 1 is 1.08 bits per heavy atom. The fraction of sp³-hybridized carbons (Fsp3) is 0.350. The molecule has 1 N–H and O–H groups in total. The number of benzene rings is 2. The number of rotatable bonds is 4. The number of carbonyl (C=O) groups is 1. The number of para-hydroxylation sites is 1. The lowest BCUT2D eigenvalue weighted by atomic mass is 10.1. The summed E-state index contributed by atoms with van der Waals surface area (Å²) in [6, 6.07) is 12.9. The molecule has 4 nitrogen and oxygen atoms in total. The summed E-state index contributed by atoms with van der Waals surface area (Å²) in [4.78, 5) is 16.5. The molecule has 0 saturated carbocycles. The summed E-state index contributed by atoms with van der Waals surface area (Å²) < 4.78 is 13.9. The monoisotopic (exact) mass is 341 g/mol. The molecule has 0 aliphatic carbocycles. The lowest BCUT2D eigenvalue weighted by molar-refractivity contribution is -0.117. The Labute approximate surface area is 148 Å². The summed E-state index contributed by atoms with van der Waals surface area (Å²) in [7, 11) is 0. The van der Waals surface area contributed by atoms with Gasteiger partial charge in [0.15, 0.2) is 0 Å². The number of halogens is 1. The third-order valence-electron chi connectivity index (χ3n) is 4.60. The number of anilines is 2. The first-order chi connectivity index (χ1) is 12.0. The van der Waals surface area contributed by atoms with Crippen LogP contribution in [0.2, 0.25) is 0 Å². The largest absolute Gasteiger partial charge is 0.367 e. The molecule has 3 rings (SSSR count). The number of hydrogen-bond donors (Lipinski definition) is 1. The first-order valence-corrected chi connectivity index (χ1v) is 8.62. The van der Waals surface area contributed by atoms with E-state index in [1.54, 1.807) is 12.1 Å². The van der Waals surface area contributed by atoms with Crippen LogP contribution in [-0.2, 0) is 4.79 Å². The maximum Gasteiger partial charge on any atom is 0.238 e. The van der Waals surface area contributed by atoms with Crippen LogP contribution < -0.4 is 10.2 Å². The van der Waals surface area contributed by atoms with Gasteiger partial charge >= 0.3 is 0 Å². The second-order valence-corrected chi connectivity index (χ2v) is 6.58. The minimum atomic E-state index is -0.191. The van der Waals surface area contributed by atoms with Gasteiger partial charge in [0, 0.05) is 31.9 Å². The van der Waals surface area contributed by atoms with Gasteiger partial charge in [0.25, 0.3) is 0 Å². The Morgan fingerprint density at radius 3 is 2.52 bits per heavy atom. The average Bonchev–Trinajstić information content (AvgIpc) is 2.59. The minimum absolute atomic E-state index is 0.00644. The van der Waals surface area contributed by atoms with Crippen LogP contribution in [0.1, 0.15) is 11.1 Å².